The fourth-order valence-corrected chi connectivity index (χ4v) is 4.54. The van der Waals surface area contributed by atoms with Crippen LogP contribution in [0.1, 0.15) is 71.6 Å². The molecule has 0 amide bonds. The molecule has 1 aliphatic carbocycles. The van der Waals surface area contributed by atoms with Crippen LogP contribution in [-0.4, -0.2) is 35.3 Å². The SMILES string of the molecule is [B]C1(N)CCCCCCC2C(CCC(=S)N2C(C)C)C1. The largest absolute Gasteiger partial charge is 0.360 e. The third-order valence-electron chi connectivity index (χ3n) is 5.01. The smallest absolute Gasteiger partial charge is 0.0950 e. The van der Waals surface area contributed by atoms with Gasteiger partial charge in [-0.2, -0.15) is 0 Å². The van der Waals surface area contributed by atoms with Crippen molar-refractivity contribution in [3.05, 3.63) is 0 Å². The van der Waals surface area contributed by atoms with Crippen LogP contribution >= 0.6 is 12.2 Å². The Morgan fingerprint density at radius 3 is 2.65 bits per heavy atom. The lowest BCUT2D eigenvalue weighted by Gasteiger charge is -2.48. The molecule has 0 aromatic heterocycles. The first-order valence-corrected chi connectivity index (χ1v) is 8.70. The maximum Gasteiger partial charge on any atom is 0.0950 e. The standard InChI is InChI=1S/C16H29BN2S/c1-12(2)19-14-7-5-3-4-6-10-16(17,18)11-13(14)8-9-15(19)20/h12-14H,3-11,18H2,1-2H3. The molecule has 4 heteroatoms. The molecule has 2 fully saturated rings. The number of likely N-dealkylation sites (tertiary alicyclic amines) is 1. The second kappa shape index (κ2) is 6.78. The third-order valence-corrected chi connectivity index (χ3v) is 5.42. The number of hydrogen-bond donors (Lipinski definition) is 1. The minimum atomic E-state index is -0.484. The van der Waals surface area contributed by atoms with E-state index in [9.17, 15) is 0 Å². The zero-order chi connectivity index (χ0) is 14.8. The van der Waals surface area contributed by atoms with Gasteiger partial charge in [-0.05, 0) is 57.3 Å². The summed E-state index contributed by atoms with van der Waals surface area (Å²) in [4.78, 5) is 3.64. The van der Waals surface area contributed by atoms with Crippen LogP contribution in [0.25, 0.3) is 0 Å². The molecule has 0 spiro atoms. The van der Waals surface area contributed by atoms with Gasteiger partial charge in [-0.3, -0.25) is 0 Å². The molecule has 2 nitrogen and oxygen atoms in total. The van der Waals surface area contributed by atoms with Crippen molar-refractivity contribution in [1.82, 2.24) is 4.90 Å². The molecule has 0 aromatic carbocycles. The first-order valence-electron chi connectivity index (χ1n) is 8.29. The van der Waals surface area contributed by atoms with Gasteiger partial charge >= 0.3 is 0 Å². The summed E-state index contributed by atoms with van der Waals surface area (Å²) >= 11 is 5.63. The highest BCUT2D eigenvalue weighted by Gasteiger charge is 2.37. The highest BCUT2D eigenvalue weighted by molar-refractivity contribution is 7.80. The van der Waals surface area contributed by atoms with Gasteiger partial charge in [0.05, 0.1) is 12.8 Å². The minimum absolute atomic E-state index is 0.484. The van der Waals surface area contributed by atoms with Crippen molar-refractivity contribution in [2.75, 3.05) is 0 Å². The van der Waals surface area contributed by atoms with Crippen molar-refractivity contribution in [3.8, 4) is 0 Å². The Balaban J connectivity index is 2.18. The van der Waals surface area contributed by atoms with Gasteiger partial charge in [0.2, 0.25) is 0 Å². The molecular weight excluding hydrogens is 263 g/mol. The normalized spacial score (nSPS) is 36.8. The molecule has 1 saturated heterocycles. The average Bonchev–Trinajstić information content (AvgIpc) is 2.35. The van der Waals surface area contributed by atoms with Gasteiger partial charge in [0.15, 0.2) is 0 Å². The van der Waals surface area contributed by atoms with Crippen LogP contribution in [-0.2, 0) is 0 Å². The Morgan fingerprint density at radius 1 is 1.25 bits per heavy atom. The van der Waals surface area contributed by atoms with Gasteiger partial charge in [-0.15, -0.1) is 0 Å². The van der Waals surface area contributed by atoms with Crippen molar-refractivity contribution < 1.29 is 0 Å². The zero-order valence-electron chi connectivity index (χ0n) is 13.1. The molecule has 1 heterocycles. The van der Waals surface area contributed by atoms with Gasteiger partial charge < -0.3 is 10.6 Å². The monoisotopic (exact) mass is 292 g/mol. The summed E-state index contributed by atoms with van der Waals surface area (Å²) in [6.45, 7) is 4.51. The van der Waals surface area contributed by atoms with Gasteiger partial charge in [0.1, 0.15) is 0 Å². The highest BCUT2D eigenvalue weighted by Crippen LogP contribution is 2.36. The molecule has 112 valence electrons. The lowest BCUT2D eigenvalue weighted by molar-refractivity contribution is 0.129. The quantitative estimate of drug-likeness (QED) is 0.593. The number of nitrogens with zero attached hydrogens (tertiary/aromatic N) is 1. The van der Waals surface area contributed by atoms with Crippen molar-refractivity contribution in [2.24, 2.45) is 11.7 Å². The minimum Gasteiger partial charge on any atom is -0.360 e. The summed E-state index contributed by atoms with van der Waals surface area (Å²) in [6.07, 6.45) is 10.4. The number of piperidine rings is 1. The van der Waals surface area contributed by atoms with E-state index >= 15 is 0 Å². The molecule has 2 N–H and O–H groups in total. The second-order valence-corrected chi connectivity index (χ2v) is 7.62. The summed E-state index contributed by atoms with van der Waals surface area (Å²) in [7, 11) is 6.36. The van der Waals surface area contributed by atoms with Crippen molar-refractivity contribution >= 4 is 25.1 Å². The van der Waals surface area contributed by atoms with E-state index in [0.29, 0.717) is 18.0 Å². The van der Waals surface area contributed by atoms with E-state index in [1.165, 1.54) is 38.5 Å². The Hall–Kier alpha value is -0.0851. The molecule has 2 radical (unpaired) electrons. The Bertz CT molecular complexity index is 343. The van der Waals surface area contributed by atoms with Crippen molar-refractivity contribution in [3.63, 3.8) is 0 Å². The predicted octanol–water partition coefficient (Wildman–Crippen LogP) is 3.37. The molecule has 0 bridgehead atoms. The molecule has 3 unspecified atom stereocenters. The number of rotatable bonds is 1. The zero-order valence-corrected chi connectivity index (χ0v) is 13.9. The van der Waals surface area contributed by atoms with Gasteiger partial charge in [0, 0.05) is 12.1 Å². The summed E-state index contributed by atoms with van der Waals surface area (Å²) in [6, 6.07) is 1.05. The predicted molar refractivity (Wildman–Crippen MR) is 91.1 cm³/mol. The van der Waals surface area contributed by atoms with Crippen LogP contribution in [0.15, 0.2) is 0 Å². The lowest BCUT2D eigenvalue weighted by Crippen LogP contribution is -2.54. The first-order chi connectivity index (χ1) is 9.41. The first kappa shape index (κ1) is 16.3. The molecule has 1 aliphatic heterocycles. The van der Waals surface area contributed by atoms with E-state index < -0.39 is 5.44 Å². The van der Waals surface area contributed by atoms with Crippen LogP contribution in [0.4, 0.5) is 0 Å². The van der Waals surface area contributed by atoms with Crippen LogP contribution < -0.4 is 5.73 Å². The summed E-state index contributed by atoms with van der Waals surface area (Å²) in [5.41, 5.74) is 5.87. The molecule has 2 rings (SSSR count). The topological polar surface area (TPSA) is 29.3 Å². The van der Waals surface area contributed by atoms with Gasteiger partial charge in [-0.1, -0.05) is 37.9 Å². The number of hydrogen-bond acceptors (Lipinski definition) is 2. The van der Waals surface area contributed by atoms with Crippen molar-refractivity contribution in [1.29, 1.82) is 0 Å². The Kier molecular flexibility index (Phi) is 5.52. The van der Waals surface area contributed by atoms with E-state index in [1.54, 1.807) is 0 Å². The molecule has 3 atom stereocenters. The van der Waals surface area contributed by atoms with E-state index in [1.807, 2.05) is 0 Å². The Labute approximate surface area is 131 Å². The molecular formula is C16H29BN2S. The number of thiocarbonyl (C=S) groups is 1. The molecule has 2 aliphatic rings. The van der Waals surface area contributed by atoms with E-state index in [0.717, 1.165) is 24.3 Å². The average molecular weight is 292 g/mol. The maximum absolute atomic E-state index is 6.36. The van der Waals surface area contributed by atoms with E-state index in [-0.39, 0.29) is 0 Å². The Morgan fingerprint density at radius 2 is 1.95 bits per heavy atom. The molecule has 1 saturated carbocycles. The summed E-state index contributed by atoms with van der Waals surface area (Å²) < 4.78 is 0. The third kappa shape index (κ3) is 3.97. The fraction of sp³-hybridized carbons (Fsp3) is 0.938. The lowest BCUT2D eigenvalue weighted by atomic mass is 9.65. The number of nitrogens with two attached hydrogens (primary N) is 1. The maximum atomic E-state index is 6.36. The highest BCUT2D eigenvalue weighted by atomic mass is 32.1. The number of fused-ring (bicyclic) bond motifs is 1. The van der Waals surface area contributed by atoms with Crippen LogP contribution in [0, 0.1) is 5.92 Å². The van der Waals surface area contributed by atoms with Gasteiger partial charge in [-0.25, -0.2) is 0 Å². The fourth-order valence-electron chi connectivity index (χ4n) is 4.08. The second-order valence-electron chi connectivity index (χ2n) is 7.15. The van der Waals surface area contributed by atoms with Gasteiger partial charge in [0.25, 0.3) is 0 Å². The van der Waals surface area contributed by atoms with Crippen LogP contribution in [0.5, 0.6) is 0 Å². The summed E-state index contributed by atoms with van der Waals surface area (Å²) in [5.74, 6) is 0.609. The van der Waals surface area contributed by atoms with Crippen LogP contribution in [0.3, 0.4) is 0 Å². The van der Waals surface area contributed by atoms with Crippen molar-refractivity contribution in [2.45, 2.75) is 89.2 Å². The van der Waals surface area contributed by atoms with E-state index in [2.05, 4.69) is 18.7 Å². The molecule has 0 aromatic rings. The summed E-state index contributed by atoms with van der Waals surface area (Å²) in [5, 5.41) is 0. The van der Waals surface area contributed by atoms with Crippen LogP contribution in [0.2, 0.25) is 0 Å². The molecule has 20 heavy (non-hydrogen) atoms. The van der Waals surface area contributed by atoms with E-state index in [4.69, 9.17) is 25.8 Å².